The summed E-state index contributed by atoms with van der Waals surface area (Å²) in [7, 11) is 0. The van der Waals surface area contributed by atoms with Gasteiger partial charge in [-0.05, 0) is 48.7 Å². The molecule has 0 spiro atoms. The van der Waals surface area contributed by atoms with Gasteiger partial charge in [0.1, 0.15) is 0 Å². The molecule has 122 valence electrons. The van der Waals surface area contributed by atoms with E-state index in [-0.39, 0.29) is 0 Å². The molecule has 0 aliphatic heterocycles. The predicted molar refractivity (Wildman–Crippen MR) is 106 cm³/mol. The van der Waals surface area contributed by atoms with Crippen LogP contribution in [0.4, 0.5) is 0 Å². The molecule has 0 atom stereocenters. The zero-order chi connectivity index (χ0) is 16.8. The first-order chi connectivity index (χ1) is 12.4. The van der Waals surface area contributed by atoms with E-state index in [2.05, 4.69) is 66.7 Å². The Morgan fingerprint density at radius 2 is 1.24 bits per heavy atom. The second kappa shape index (κ2) is 5.69. The van der Waals surface area contributed by atoms with Gasteiger partial charge < -0.3 is 10.5 Å². The molecule has 2 N–H and O–H groups in total. The van der Waals surface area contributed by atoms with E-state index in [1.54, 1.807) is 0 Å². The van der Waals surface area contributed by atoms with Crippen molar-refractivity contribution in [3.05, 3.63) is 72.3 Å². The quantitative estimate of drug-likeness (QED) is 0.279. The zero-order valence-electron chi connectivity index (χ0n) is 14.0. The Morgan fingerprint density at radius 1 is 0.640 bits per heavy atom. The van der Waals surface area contributed by atoms with E-state index in [4.69, 9.17) is 10.5 Å². The number of hydrogen-bond donors (Lipinski definition) is 1. The smallest absolute Gasteiger partial charge is 0.0723 e. The fraction of sp³-hybridized carbons (Fsp3) is 0.130. The van der Waals surface area contributed by atoms with Crippen LogP contribution >= 0.6 is 0 Å². The third-order valence-electron chi connectivity index (χ3n) is 5.14. The molecule has 0 radical (unpaired) electrons. The minimum atomic E-state index is 0.552. The molecule has 0 fully saturated rings. The van der Waals surface area contributed by atoms with Gasteiger partial charge in [-0.25, -0.2) is 0 Å². The highest BCUT2D eigenvalue weighted by atomic mass is 16.5. The summed E-state index contributed by atoms with van der Waals surface area (Å²) in [6.45, 7) is 1.74. The minimum absolute atomic E-state index is 0.552. The normalized spacial score (nSPS) is 12.0. The lowest BCUT2D eigenvalue weighted by Gasteiger charge is -2.16. The van der Waals surface area contributed by atoms with Gasteiger partial charge in [-0.2, -0.15) is 0 Å². The van der Waals surface area contributed by atoms with Crippen molar-refractivity contribution in [3.8, 4) is 0 Å². The molecule has 5 aromatic carbocycles. The molecule has 0 aliphatic carbocycles. The summed E-state index contributed by atoms with van der Waals surface area (Å²) in [6, 6.07) is 24.2. The Balaban J connectivity index is 1.93. The zero-order valence-corrected chi connectivity index (χ0v) is 14.0. The van der Waals surface area contributed by atoms with Crippen LogP contribution in [-0.4, -0.2) is 13.2 Å². The SMILES string of the molecule is NCCOCc1ccc2c3cccc4cccc(c5cccc1c52)c43. The molecule has 0 aromatic heterocycles. The van der Waals surface area contributed by atoms with E-state index in [9.17, 15) is 0 Å². The highest BCUT2D eigenvalue weighted by molar-refractivity contribution is 6.33. The lowest BCUT2D eigenvalue weighted by molar-refractivity contribution is 0.129. The van der Waals surface area contributed by atoms with Crippen LogP contribution in [0.25, 0.3) is 43.1 Å². The van der Waals surface area contributed by atoms with Crippen LogP contribution in [0.1, 0.15) is 5.56 Å². The Bertz CT molecular complexity index is 1160. The van der Waals surface area contributed by atoms with Crippen molar-refractivity contribution in [2.45, 2.75) is 6.61 Å². The summed E-state index contributed by atoms with van der Waals surface area (Å²) in [5, 5.41) is 10.6. The Labute approximate surface area is 146 Å². The first kappa shape index (κ1) is 14.6. The van der Waals surface area contributed by atoms with E-state index >= 15 is 0 Å². The molecule has 0 aliphatic rings. The number of ether oxygens (including phenoxy) is 1. The summed E-state index contributed by atoms with van der Waals surface area (Å²) < 4.78 is 5.71. The van der Waals surface area contributed by atoms with Crippen molar-refractivity contribution in [1.29, 1.82) is 0 Å². The summed E-state index contributed by atoms with van der Waals surface area (Å²) in [6.07, 6.45) is 0. The predicted octanol–water partition coefficient (Wildman–Crippen LogP) is 5.21. The number of nitrogens with two attached hydrogens (primary N) is 1. The van der Waals surface area contributed by atoms with Gasteiger partial charge in [0.2, 0.25) is 0 Å². The molecule has 0 saturated carbocycles. The lowest BCUT2D eigenvalue weighted by atomic mass is 9.88. The van der Waals surface area contributed by atoms with Gasteiger partial charge in [-0.3, -0.25) is 0 Å². The first-order valence-electron chi connectivity index (χ1n) is 8.73. The number of rotatable bonds is 4. The molecule has 0 unspecified atom stereocenters. The second-order valence-corrected chi connectivity index (χ2v) is 6.55. The van der Waals surface area contributed by atoms with Crippen LogP contribution < -0.4 is 5.73 Å². The molecule has 5 aromatic rings. The standard InChI is InChI=1S/C23H19NO/c24-12-13-25-14-16-10-11-21-19-8-2-5-15-4-1-7-18(22(15)19)20-9-3-6-17(16)23(20)21/h1-11H,12-14,24H2. The third-order valence-corrected chi connectivity index (χ3v) is 5.14. The fourth-order valence-electron chi connectivity index (χ4n) is 4.10. The summed E-state index contributed by atoms with van der Waals surface area (Å²) in [5.74, 6) is 0. The highest BCUT2D eigenvalue weighted by Gasteiger charge is 2.13. The molecule has 0 saturated heterocycles. The molecule has 5 rings (SSSR count). The van der Waals surface area contributed by atoms with E-state index < -0.39 is 0 Å². The van der Waals surface area contributed by atoms with E-state index in [1.165, 1.54) is 48.7 Å². The third kappa shape index (κ3) is 2.12. The van der Waals surface area contributed by atoms with Gasteiger partial charge in [0.25, 0.3) is 0 Å². The first-order valence-corrected chi connectivity index (χ1v) is 8.73. The Kier molecular flexibility index (Phi) is 3.34. The molecular weight excluding hydrogens is 306 g/mol. The van der Waals surface area contributed by atoms with Crippen LogP contribution in [0.2, 0.25) is 0 Å². The monoisotopic (exact) mass is 325 g/mol. The average molecular weight is 325 g/mol. The molecule has 0 heterocycles. The van der Waals surface area contributed by atoms with Crippen LogP contribution in [0, 0.1) is 0 Å². The molecular formula is C23H19NO. The van der Waals surface area contributed by atoms with Crippen molar-refractivity contribution < 1.29 is 4.74 Å². The molecule has 2 nitrogen and oxygen atoms in total. The molecule has 25 heavy (non-hydrogen) atoms. The summed E-state index contributed by atoms with van der Waals surface area (Å²) in [5.41, 5.74) is 6.78. The van der Waals surface area contributed by atoms with Crippen molar-refractivity contribution >= 4 is 43.1 Å². The van der Waals surface area contributed by atoms with Crippen LogP contribution in [-0.2, 0) is 11.3 Å². The fourth-order valence-corrected chi connectivity index (χ4v) is 4.10. The maximum atomic E-state index is 5.71. The van der Waals surface area contributed by atoms with Crippen LogP contribution in [0.15, 0.2) is 66.7 Å². The van der Waals surface area contributed by atoms with Crippen molar-refractivity contribution in [2.24, 2.45) is 5.73 Å². The number of hydrogen-bond acceptors (Lipinski definition) is 2. The summed E-state index contributed by atoms with van der Waals surface area (Å²) in [4.78, 5) is 0. The van der Waals surface area contributed by atoms with E-state index in [1.807, 2.05) is 0 Å². The topological polar surface area (TPSA) is 35.2 Å². The lowest BCUT2D eigenvalue weighted by Crippen LogP contribution is -2.08. The minimum Gasteiger partial charge on any atom is -0.375 e. The molecule has 0 amide bonds. The summed E-state index contributed by atoms with van der Waals surface area (Å²) >= 11 is 0. The van der Waals surface area contributed by atoms with Crippen LogP contribution in [0.3, 0.4) is 0 Å². The maximum absolute atomic E-state index is 5.71. The van der Waals surface area contributed by atoms with Crippen molar-refractivity contribution in [2.75, 3.05) is 13.2 Å². The largest absolute Gasteiger partial charge is 0.375 e. The maximum Gasteiger partial charge on any atom is 0.0723 e. The highest BCUT2D eigenvalue weighted by Crippen LogP contribution is 2.40. The van der Waals surface area contributed by atoms with Gasteiger partial charge in [-0.1, -0.05) is 66.7 Å². The van der Waals surface area contributed by atoms with Gasteiger partial charge in [0.15, 0.2) is 0 Å². The van der Waals surface area contributed by atoms with Gasteiger partial charge in [0.05, 0.1) is 13.2 Å². The van der Waals surface area contributed by atoms with Gasteiger partial charge in [-0.15, -0.1) is 0 Å². The average Bonchev–Trinajstić information content (AvgIpc) is 2.67. The van der Waals surface area contributed by atoms with Crippen LogP contribution in [0.5, 0.6) is 0 Å². The number of fused-ring (bicyclic) bond motifs is 2. The Hall–Kier alpha value is -2.68. The van der Waals surface area contributed by atoms with Crippen molar-refractivity contribution in [3.63, 3.8) is 0 Å². The molecule has 2 heteroatoms. The Morgan fingerprint density at radius 3 is 1.96 bits per heavy atom. The van der Waals surface area contributed by atoms with E-state index in [0.717, 1.165) is 0 Å². The second-order valence-electron chi connectivity index (χ2n) is 6.55. The van der Waals surface area contributed by atoms with Gasteiger partial charge in [0, 0.05) is 6.54 Å². The molecule has 0 bridgehead atoms. The number of benzene rings is 5. The van der Waals surface area contributed by atoms with E-state index in [0.29, 0.717) is 19.8 Å². The van der Waals surface area contributed by atoms with Gasteiger partial charge >= 0.3 is 0 Å². The van der Waals surface area contributed by atoms with Crippen molar-refractivity contribution in [1.82, 2.24) is 0 Å².